The predicted octanol–water partition coefficient (Wildman–Crippen LogP) is 2.58. The summed E-state index contributed by atoms with van der Waals surface area (Å²) in [6.45, 7) is 1.89. The topological polar surface area (TPSA) is 71.1 Å². The maximum atomic E-state index is 12.1. The second-order valence-electron chi connectivity index (χ2n) is 4.84. The quantitative estimate of drug-likeness (QED) is 0.910. The summed E-state index contributed by atoms with van der Waals surface area (Å²) in [6.07, 6.45) is 3.39. The van der Waals surface area contributed by atoms with Crippen molar-refractivity contribution in [2.75, 3.05) is 12.4 Å². The Morgan fingerprint density at radius 2 is 2.05 bits per heavy atom. The maximum Gasteiger partial charge on any atom is 0.251 e. The van der Waals surface area contributed by atoms with Crippen LogP contribution < -0.4 is 10.6 Å². The summed E-state index contributed by atoms with van der Waals surface area (Å²) < 4.78 is 0. The number of aryl methyl sites for hydroxylation is 1. The summed E-state index contributed by atoms with van der Waals surface area (Å²) in [5.41, 5.74) is 2.70. The second-order valence-corrected chi connectivity index (χ2v) is 5.28. The van der Waals surface area contributed by atoms with Gasteiger partial charge in [-0.3, -0.25) is 14.6 Å². The van der Waals surface area contributed by atoms with Crippen molar-refractivity contribution in [3.8, 4) is 0 Å². The van der Waals surface area contributed by atoms with Gasteiger partial charge in [-0.05, 0) is 42.3 Å². The first-order valence-electron chi connectivity index (χ1n) is 6.71. The molecule has 0 aliphatic heterocycles. The van der Waals surface area contributed by atoms with E-state index in [0.29, 0.717) is 21.8 Å². The number of nitrogens with zero attached hydrogens (tertiary/aromatic N) is 1. The van der Waals surface area contributed by atoms with Crippen LogP contribution in [0.3, 0.4) is 0 Å². The van der Waals surface area contributed by atoms with Crippen LogP contribution >= 0.6 is 11.6 Å². The molecule has 1 aromatic heterocycles. The first-order chi connectivity index (χ1) is 10.5. The molecule has 2 N–H and O–H groups in total. The molecule has 1 heterocycles. The number of anilines is 1. The van der Waals surface area contributed by atoms with E-state index in [1.165, 1.54) is 0 Å². The molecular formula is C16H16ClN3O2. The van der Waals surface area contributed by atoms with Gasteiger partial charge in [-0.2, -0.15) is 0 Å². The number of halogens is 1. The minimum atomic E-state index is -0.243. The van der Waals surface area contributed by atoms with Gasteiger partial charge < -0.3 is 10.6 Å². The lowest BCUT2D eigenvalue weighted by Gasteiger charge is -2.09. The number of carbonyl (C=O) groups excluding carboxylic acids is 2. The fourth-order valence-corrected chi connectivity index (χ4v) is 2.26. The molecule has 0 aliphatic carbocycles. The zero-order chi connectivity index (χ0) is 16.1. The van der Waals surface area contributed by atoms with E-state index in [1.54, 1.807) is 37.6 Å². The zero-order valence-electron chi connectivity index (χ0n) is 12.3. The lowest BCUT2D eigenvalue weighted by atomic mass is 10.1. The van der Waals surface area contributed by atoms with Gasteiger partial charge in [-0.1, -0.05) is 11.6 Å². The molecule has 2 rings (SSSR count). The van der Waals surface area contributed by atoms with Crippen molar-refractivity contribution < 1.29 is 9.59 Å². The van der Waals surface area contributed by atoms with Crippen LogP contribution in [-0.2, 0) is 11.2 Å². The molecule has 0 atom stereocenters. The summed E-state index contributed by atoms with van der Waals surface area (Å²) in [6, 6.07) is 6.70. The number of aromatic nitrogens is 1. The van der Waals surface area contributed by atoms with Crippen LogP contribution in [-0.4, -0.2) is 23.8 Å². The Bertz CT molecular complexity index is 716. The summed E-state index contributed by atoms with van der Waals surface area (Å²) in [7, 11) is 1.54. The van der Waals surface area contributed by atoms with E-state index in [9.17, 15) is 9.59 Å². The molecule has 0 saturated carbocycles. The van der Waals surface area contributed by atoms with Crippen LogP contribution in [0.4, 0.5) is 5.69 Å². The summed E-state index contributed by atoms with van der Waals surface area (Å²) >= 11 is 6.00. The molecule has 0 aliphatic rings. The molecule has 0 spiro atoms. The van der Waals surface area contributed by atoms with Crippen LogP contribution in [0.25, 0.3) is 0 Å². The van der Waals surface area contributed by atoms with E-state index in [1.807, 2.05) is 13.0 Å². The van der Waals surface area contributed by atoms with Crippen molar-refractivity contribution in [1.82, 2.24) is 10.3 Å². The van der Waals surface area contributed by atoms with Crippen LogP contribution in [0.1, 0.15) is 21.5 Å². The molecule has 0 radical (unpaired) electrons. The second kappa shape index (κ2) is 7.04. The monoisotopic (exact) mass is 317 g/mol. The van der Waals surface area contributed by atoms with E-state index in [4.69, 9.17) is 11.6 Å². The third kappa shape index (κ3) is 4.05. The van der Waals surface area contributed by atoms with Gasteiger partial charge in [0.15, 0.2) is 0 Å². The molecule has 0 saturated heterocycles. The van der Waals surface area contributed by atoms with E-state index in [2.05, 4.69) is 15.6 Å². The normalized spacial score (nSPS) is 10.1. The highest BCUT2D eigenvalue weighted by Crippen LogP contribution is 2.17. The zero-order valence-corrected chi connectivity index (χ0v) is 13.1. The number of rotatable bonds is 4. The van der Waals surface area contributed by atoms with Crippen molar-refractivity contribution >= 4 is 29.1 Å². The van der Waals surface area contributed by atoms with E-state index < -0.39 is 0 Å². The Morgan fingerprint density at radius 1 is 1.27 bits per heavy atom. The summed E-state index contributed by atoms with van der Waals surface area (Å²) in [5, 5.41) is 5.74. The smallest absolute Gasteiger partial charge is 0.251 e. The van der Waals surface area contributed by atoms with Gasteiger partial charge in [0, 0.05) is 23.8 Å². The van der Waals surface area contributed by atoms with E-state index in [-0.39, 0.29) is 18.2 Å². The number of pyridine rings is 1. The highest BCUT2D eigenvalue weighted by molar-refractivity contribution is 6.31. The summed E-state index contributed by atoms with van der Waals surface area (Å²) in [5.74, 6) is -0.437. The molecule has 6 heteroatoms. The molecule has 114 valence electrons. The van der Waals surface area contributed by atoms with Crippen molar-refractivity contribution in [1.29, 1.82) is 0 Å². The number of benzene rings is 1. The number of nitrogens with one attached hydrogen (secondary N) is 2. The number of hydrogen-bond acceptors (Lipinski definition) is 3. The molecule has 0 bridgehead atoms. The Morgan fingerprint density at radius 3 is 2.73 bits per heavy atom. The van der Waals surface area contributed by atoms with Crippen molar-refractivity contribution in [2.45, 2.75) is 13.3 Å². The standard InChI is InChI=1S/C16H16ClN3O2/c1-10-3-4-19-9-14(10)20-15(21)7-11-5-12(16(22)18-2)8-13(17)6-11/h3-6,8-9H,7H2,1-2H3,(H,18,22)(H,20,21). The largest absolute Gasteiger partial charge is 0.355 e. The Balaban J connectivity index is 2.13. The minimum absolute atomic E-state index is 0.124. The van der Waals surface area contributed by atoms with Crippen LogP contribution in [0.15, 0.2) is 36.7 Å². The molecule has 0 fully saturated rings. The minimum Gasteiger partial charge on any atom is -0.355 e. The molecule has 0 unspecified atom stereocenters. The molecule has 1 aromatic carbocycles. The first kappa shape index (κ1) is 16.0. The number of carbonyl (C=O) groups is 2. The van der Waals surface area contributed by atoms with Gasteiger partial charge in [0.1, 0.15) is 0 Å². The lowest BCUT2D eigenvalue weighted by Crippen LogP contribution is -2.19. The average molecular weight is 318 g/mol. The predicted molar refractivity (Wildman–Crippen MR) is 86.1 cm³/mol. The van der Waals surface area contributed by atoms with Crippen molar-refractivity contribution in [2.24, 2.45) is 0 Å². The Labute approximate surface area is 133 Å². The maximum absolute atomic E-state index is 12.1. The van der Waals surface area contributed by atoms with Gasteiger partial charge in [-0.15, -0.1) is 0 Å². The molecule has 5 nitrogen and oxygen atoms in total. The average Bonchev–Trinajstić information content (AvgIpc) is 2.48. The number of hydrogen-bond donors (Lipinski definition) is 2. The van der Waals surface area contributed by atoms with Gasteiger partial charge >= 0.3 is 0 Å². The molecule has 22 heavy (non-hydrogen) atoms. The SMILES string of the molecule is CNC(=O)c1cc(Cl)cc(CC(=O)Nc2cnccc2C)c1. The third-order valence-corrected chi connectivity index (χ3v) is 3.34. The Kier molecular flexibility index (Phi) is 5.12. The van der Waals surface area contributed by atoms with E-state index in [0.717, 1.165) is 5.56 Å². The van der Waals surface area contributed by atoms with Crippen molar-refractivity contribution in [3.63, 3.8) is 0 Å². The molecular weight excluding hydrogens is 302 g/mol. The fourth-order valence-electron chi connectivity index (χ4n) is 2.00. The van der Waals surface area contributed by atoms with Crippen LogP contribution in [0.5, 0.6) is 0 Å². The van der Waals surface area contributed by atoms with Gasteiger partial charge in [-0.25, -0.2) is 0 Å². The van der Waals surface area contributed by atoms with Gasteiger partial charge in [0.25, 0.3) is 5.91 Å². The third-order valence-electron chi connectivity index (χ3n) is 3.12. The summed E-state index contributed by atoms with van der Waals surface area (Å²) in [4.78, 5) is 27.8. The lowest BCUT2D eigenvalue weighted by molar-refractivity contribution is -0.115. The number of amides is 2. The highest BCUT2D eigenvalue weighted by atomic mass is 35.5. The van der Waals surface area contributed by atoms with E-state index >= 15 is 0 Å². The van der Waals surface area contributed by atoms with Gasteiger partial charge in [0.05, 0.1) is 18.3 Å². The molecule has 2 amide bonds. The van der Waals surface area contributed by atoms with Crippen molar-refractivity contribution in [3.05, 3.63) is 58.4 Å². The Hall–Kier alpha value is -2.40. The fraction of sp³-hybridized carbons (Fsp3) is 0.188. The molecule has 2 aromatic rings. The van der Waals surface area contributed by atoms with Gasteiger partial charge in [0.2, 0.25) is 5.91 Å². The van der Waals surface area contributed by atoms with Crippen LogP contribution in [0.2, 0.25) is 5.02 Å². The first-order valence-corrected chi connectivity index (χ1v) is 7.09. The van der Waals surface area contributed by atoms with Crippen LogP contribution in [0, 0.1) is 6.92 Å². The highest BCUT2D eigenvalue weighted by Gasteiger charge is 2.10.